The fourth-order valence-electron chi connectivity index (χ4n) is 2.13. The molecule has 7 heteroatoms. The zero-order chi connectivity index (χ0) is 12.2. The van der Waals surface area contributed by atoms with Gasteiger partial charge in [-0.05, 0) is 6.92 Å². The molecule has 3 heterocycles. The molecule has 2 aliphatic heterocycles. The standard InChI is InChI=1S/C10H13N3O4/c1-4-2-13(10(15)12-8(4)11)9-7-6(17-7)5(3-14)16-9/h2,5-7,9,14H,3H2,1H3,(H2,11,12,15)/t5-,6-,7+,9-/m1/s1. The van der Waals surface area contributed by atoms with E-state index < -0.39 is 11.9 Å². The van der Waals surface area contributed by atoms with Gasteiger partial charge < -0.3 is 20.3 Å². The summed E-state index contributed by atoms with van der Waals surface area (Å²) in [4.78, 5) is 15.4. The van der Waals surface area contributed by atoms with E-state index in [4.69, 9.17) is 20.3 Å². The van der Waals surface area contributed by atoms with E-state index in [1.807, 2.05) is 0 Å². The Morgan fingerprint density at radius 1 is 1.53 bits per heavy atom. The van der Waals surface area contributed by atoms with Gasteiger partial charge in [-0.2, -0.15) is 4.98 Å². The summed E-state index contributed by atoms with van der Waals surface area (Å²) in [7, 11) is 0. The Morgan fingerprint density at radius 3 is 2.94 bits per heavy atom. The normalized spacial score (nSPS) is 34.7. The third-order valence-electron chi connectivity index (χ3n) is 3.15. The Labute approximate surface area is 96.8 Å². The highest BCUT2D eigenvalue weighted by molar-refractivity contribution is 5.35. The summed E-state index contributed by atoms with van der Waals surface area (Å²) >= 11 is 0. The van der Waals surface area contributed by atoms with Crippen LogP contribution in [0.3, 0.4) is 0 Å². The van der Waals surface area contributed by atoms with Gasteiger partial charge in [0.2, 0.25) is 0 Å². The summed E-state index contributed by atoms with van der Waals surface area (Å²) in [5.41, 5.74) is 5.79. The Hall–Kier alpha value is -1.44. The fourth-order valence-corrected chi connectivity index (χ4v) is 2.13. The Balaban J connectivity index is 1.96. The topological polar surface area (TPSA) is 103 Å². The molecule has 2 aliphatic rings. The molecule has 0 saturated carbocycles. The van der Waals surface area contributed by atoms with Crippen molar-refractivity contribution in [1.82, 2.24) is 9.55 Å². The lowest BCUT2D eigenvalue weighted by Crippen LogP contribution is -2.31. The van der Waals surface area contributed by atoms with Crippen LogP contribution in [0.2, 0.25) is 0 Å². The number of nitrogens with two attached hydrogens (primary N) is 1. The smallest absolute Gasteiger partial charge is 0.351 e. The number of rotatable bonds is 2. The number of aryl methyl sites for hydroxylation is 1. The Morgan fingerprint density at radius 2 is 2.29 bits per heavy atom. The molecule has 2 fully saturated rings. The van der Waals surface area contributed by atoms with Crippen LogP contribution in [-0.2, 0) is 9.47 Å². The highest BCUT2D eigenvalue weighted by Gasteiger charge is 2.58. The average molecular weight is 239 g/mol. The molecule has 1 aromatic rings. The van der Waals surface area contributed by atoms with E-state index in [9.17, 15) is 4.79 Å². The lowest BCUT2D eigenvalue weighted by atomic mass is 10.2. The fraction of sp³-hybridized carbons (Fsp3) is 0.600. The van der Waals surface area contributed by atoms with Gasteiger partial charge in [0.25, 0.3) is 0 Å². The molecule has 0 radical (unpaired) electrons. The highest BCUT2D eigenvalue weighted by atomic mass is 16.7. The third-order valence-corrected chi connectivity index (χ3v) is 3.15. The van der Waals surface area contributed by atoms with Crippen molar-refractivity contribution < 1.29 is 14.6 Å². The lowest BCUT2D eigenvalue weighted by molar-refractivity contribution is -0.0856. The SMILES string of the molecule is Cc1cn([C@@H]2O[C@H](CO)[C@H]3O[C@@H]32)c(=O)nc1N. The van der Waals surface area contributed by atoms with Gasteiger partial charge >= 0.3 is 5.69 Å². The predicted molar refractivity (Wildman–Crippen MR) is 57.3 cm³/mol. The van der Waals surface area contributed by atoms with Crippen molar-refractivity contribution in [2.75, 3.05) is 12.3 Å². The number of epoxide rings is 1. The molecular weight excluding hydrogens is 226 g/mol. The van der Waals surface area contributed by atoms with E-state index in [0.29, 0.717) is 5.56 Å². The molecule has 1 aromatic heterocycles. The molecule has 3 N–H and O–H groups in total. The summed E-state index contributed by atoms with van der Waals surface area (Å²) in [5.74, 6) is 0.219. The van der Waals surface area contributed by atoms with E-state index >= 15 is 0 Å². The number of aliphatic hydroxyl groups excluding tert-OH is 1. The molecule has 0 aromatic carbocycles. The second-order valence-corrected chi connectivity index (χ2v) is 4.31. The Bertz CT molecular complexity index is 515. The second-order valence-electron chi connectivity index (χ2n) is 4.31. The first-order chi connectivity index (χ1) is 8.11. The highest BCUT2D eigenvalue weighted by Crippen LogP contribution is 2.44. The molecule has 0 bridgehead atoms. The minimum absolute atomic E-state index is 0.116. The van der Waals surface area contributed by atoms with Gasteiger partial charge in [0, 0.05) is 11.8 Å². The van der Waals surface area contributed by atoms with Crippen molar-refractivity contribution >= 4 is 5.82 Å². The number of nitrogens with zero attached hydrogens (tertiary/aromatic N) is 2. The van der Waals surface area contributed by atoms with Crippen LogP contribution in [0.25, 0.3) is 0 Å². The minimum atomic E-state index is -0.517. The van der Waals surface area contributed by atoms with E-state index in [2.05, 4.69) is 4.98 Å². The van der Waals surface area contributed by atoms with Crippen LogP contribution in [0, 0.1) is 6.92 Å². The first kappa shape index (κ1) is 10.7. The van der Waals surface area contributed by atoms with Gasteiger partial charge in [0.1, 0.15) is 24.1 Å². The summed E-state index contributed by atoms with van der Waals surface area (Å²) in [6.07, 6.45) is 0.434. The molecule has 3 rings (SSSR count). The van der Waals surface area contributed by atoms with Crippen molar-refractivity contribution in [3.05, 3.63) is 22.2 Å². The molecule has 0 aliphatic carbocycles. The summed E-state index contributed by atoms with van der Waals surface area (Å²) in [6, 6.07) is 0. The number of aromatic nitrogens is 2. The van der Waals surface area contributed by atoms with E-state index in [1.54, 1.807) is 13.1 Å². The maximum atomic E-state index is 11.7. The van der Waals surface area contributed by atoms with Gasteiger partial charge in [0.15, 0.2) is 6.23 Å². The van der Waals surface area contributed by atoms with E-state index in [1.165, 1.54) is 4.57 Å². The molecule has 17 heavy (non-hydrogen) atoms. The summed E-state index contributed by atoms with van der Waals surface area (Å²) < 4.78 is 12.3. The molecule has 4 atom stereocenters. The van der Waals surface area contributed by atoms with Crippen molar-refractivity contribution in [3.63, 3.8) is 0 Å². The first-order valence-electron chi connectivity index (χ1n) is 5.39. The van der Waals surface area contributed by atoms with Crippen LogP contribution in [-0.4, -0.2) is 39.6 Å². The molecule has 0 spiro atoms. The number of fused-ring (bicyclic) bond motifs is 1. The van der Waals surface area contributed by atoms with E-state index in [0.717, 1.165) is 0 Å². The molecule has 92 valence electrons. The number of hydrogen-bond donors (Lipinski definition) is 2. The van der Waals surface area contributed by atoms with Crippen LogP contribution >= 0.6 is 0 Å². The number of nitrogen functional groups attached to an aromatic ring is 1. The van der Waals surface area contributed by atoms with Gasteiger partial charge in [-0.25, -0.2) is 4.79 Å². The predicted octanol–water partition coefficient (Wildman–Crippen LogP) is -1.21. The maximum absolute atomic E-state index is 11.7. The van der Waals surface area contributed by atoms with Crippen LogP contribution < -0.4 is 11.4 Å². The van der Waals surface area contributed by atoms with Crippen LogP contribution in [0.5, 0.6) is 0 Å². The van der Waals surface area contributed by atoms with Crippen molar-refractivity contribution in [1.29, 1.82) is 0 Å². The molecular formula is C10H13N3O4. The Kier molecular flexibility index (Phi) is 2.22. The van der Waals surface area contributed by atoms with Gasteiger partial charge in [0.05, 0.1) is 6.61 Å². The molecule has 7 nitrogen and oxygen atoms in total. The quantitative estimate of drug-likeness (QED) is 0.628. The monoisotopic (exact) mass is 239 g/mol. The van der Waals surface area contributed by atoms with Crippen molar-refractivity contribution in [2.24, 2.45) is 0 Å². The zero-order valence-electron chi connectivity index (χ0n) is 9.24. The van der Waals surface area contributed by atoms with Gasteiger partial charge in [-0.1, -0.05) is 0 Å². The van der Waals surface area contributed by atoms with E-state index in [-0.39, 0.29) is 30.7 Å². The average Bonchev–Trinajstić information content (AvgIpc) is 3.00. The first-order valence-corrected chi connectivity index (χ1v) is 5.39. The molecule has 0 unspecified atom stereocenters. The largest absolute Gasteiger partial charge is 0.394 e. The third kappa shape index (κ3) is 1.54. The summed E-state index contributed by atoms with van der Waals surface area (Å²) in [5, 5.41) is 9.07. The van der Waals surface area contributed by atoms with Crippen molar-refractivity contribution in [2.45, 2.75) is 31.5 Å². The number of hydrogen-bond acceptors (Lipinski definition) is 6. The van der Waals surface area contributed by atoms with Gasteiger partial charge in [-0.3, -0.25) is 4.57 Å². The molecule has 2 saturated heterocycles. The van der Waals surface area contributed by atoms with Crippen LogP contribution in [0.4, 0.5) is 5.82 Å². The van der Waals surface area contributed by atoms with Crippen LogP contribution in [0.1, 0.15) is 11.8 Å². The zero-order valence-corrected chi connectivity index (χ0v) is 9.24. The maximum Gasteiger partial charge on any atom is 0.351 e. The van der Waals surface area contributed by atoms with Gasteiger partial charge in [-0.15, -0.1) is 0 Å². The molecule has 0 amide bonds. The second kappa shape index (κ2) is 3.52. The number of aliphatic hydroxyl groups is 1. The minimum Gasteiger partial charge on any atom is -0.394 e. The number of anilines is 1. The van der Waals surface area contributed by atoms with Crippen molar-refractivity contribution in [3.8, 4) is 0 Å². The number of ether oxygens (including phenoxy) is 2. The van der Waals surface area contributed by atoms with Crippen LogP contribution in [0.15, 0.2) is 11.0 Å². The lowest BCUT2D eigenvalue weighted by Gasteiger charge is -2.18. The summed E-state index contributed by atoms with van der Waals surface area (Å²) in [6.45, 7) is 1.65.